The number of alkyl halides is 2. The monoisotopic (exact) mass is 323 g/mol. The average molecular weight is 323 g/mol. The van der Waals surface area contributed by atoms with Gasteiger partial charge in [0.15, 0.2) is 0 Å². The number of aliphatic hydroxyl groups is 1. The zero-order chi connectivity index (χ0) is 16.8. The van der Waals surface area contributed by atoms with E-state index in [2.05, 4.69) is 20.0 Å². The summed E-state index contributed by atoms with van der Waals surface area (Å²) in [6, 6.07) is 7.72. The van der Waals surface area contributed by atoms with E-state index in [1.54, 1.807) is 12.1 Å². The fraction of sp³-hybridized carbons (Fsp3) is 0.375. The van der Waals surface area contributed by atoms with Gasteiger partial charge in [-0.15, -0.1) is 0 Å². The predicted octanol–water partition coefficient (Wildman–Crippen LogP) is 3.09. The largest absolute Gasteiger partial charge is 0.435 e. The van der Waals surface area contributed by atoms with Gasteiger partial charge in [0, 0.05) is 18.3 Å². The van der Waals surface area contributed by atoms with Crippen molar-refractivity contribution < 1.29 is 18.6 Å². The second kappa shape index (κ2) is 7.82. The Labute approximate surface area is 133 Å². The summed E-state index contributed by atoms with van der Waals surface area (Å²) in [5, 5.41) is 13.2. The van der Waals surface area contributed by atoms with Crippen molar-refractivity contribution in [2.45, 2.75) is 33.0 Å². The number of ether oxygens (including phenoxy) is 1. The first-order chi connectivity index (χ1) is 11.0. The van der Waals surface area contributed by atoms with E-state index in [1.807, 2.05) is 19.9 Å². The maximum atomic E-state index is 12.1. The molecule has 2 N–H and O–H groups in total. The highest BCUT2D eigenvalue weighted by Gasteiger charge is 2.10. The summed E-state index contributed by atoms with van der Waals surface area (Å²) in [7, 11) is 0. The first-order valence-corrected chi connectivity index (χ1v) is 7.29. The molecular weight excluding hydrogens is 304 g/mol. The summed E-state index contributed by atoms with van der Waals surface area (Å²) >= 11 is 0. The molecule has 2 rings (SSSR count). The van der Waals surface area contributed by atoms with Gasteiger partial charge in [0.2, 0.25) is 0 Å². The van der Waals surface area contributed by atoms with E-state index in [4.69, 9.17) is 0 Å². The lowest BCUT2D eigenvalue weighted by molar-refractivity contribution is -0.0498. The third-order valence-electron chi connectivity index (χ3n) is 3.22. The van der Waals surface area contributed by atoms with Crippen LogP contribution in [0, 0.1) is 6.92 Å². The first kappa shape index (κ1) is 17.1. The average Bonchev–Trinajstić information content (AvgIpc) is 2.52. The number of benzene rings is 1. The summed E-state index contributed by atoms with van der Waals surface area (Å²) in [6.07, 6.45) is 0.00239. The number of rotatable bonds is 7. The van der Waals surface area contributed by atoms with Crippen molar-refractivity contribution in [2.24, 2.45) is 0 Å². The van der Waals surface area contributed by atoms with Crippen molar-refractivity contribution in [3.05, 3.63) is 47.4 Å². The van der Waals surface area contributed by atoms with E-state index in [1.165, 1.54) is 12.1 Å². The molecule has 0 saturated heterocycles. The van der Waals surface area contributed by atoms with E-state index in [-0.39, 0.29) is 12.3 Å². The van der Waals surface area contributed by atoms with Gasteiger partial charge in [-0.2, -0.15) is 8.78 Å². The minimum absolute atomic E-state index is 0.0583. The molecule has 0 aliphatic rings. The van der Waals surface area contributed by atoms with Gasteiger partial charge in [-0.1, -0.05) is 19.1 Å². The molecule has 1 aromatic heterocycles. The van der Waals surface area contributed by atoms with E-state index >= 15 is 0 Å². The molecule has 1 unspecified atom stereocenters. The Bertz CT molecular complexity index is 636. The van der Waals surface area contributed by atoms with Crippen molar-refractivity contribution in [2.75, 3.05) is 11.9 Å². The zero-order valence-corrected chi connectivity index (χ0v) is 13.0. The molecule has 1 heterocycles. The number of hydrogen-bond acceptors (Lipinski definition) is 5. The van der Waals surface area contributed by atoms with E-state index in [0.29, 0.717) is 17.2 Å². The van der Waals surface area contributed by atoms with Crippen LogP contribution in [0.2, 0.25) is 0 Å². The van der Waals surface area contributed by atoms with Gasteiger partial charge in [0.25, 0.3) is 0 Å². The number of anilines is 1. The summed E-state index contributed by atoms with van der Waals surface area (Å²) < 4.78 is 28.4. The van der Waals surface area contributed by atoms with Crippen LogP contribution in [0.5, 0.6) is 5.75 Å². The number of nitrogens with zero attached hydrogens (tertiary/aromatic N) is 2. The van der Waals surface area contributed by atoms with Gasteiger partial charge in [-0.25, -0.2) is 9.97 Å². The number of aryl methyl sites for hydroxylation is 2. The molecule has 0 bridgehead atoms. The van der Waals surface area contributed by atoms with Crippen molar-refractivity contribution in [3.63, 3.8) is 0 Å². The Balaban J connectivity index is 1.96. The van der Waals surface area contributed by atoms with Crippen LogP contribution in [-0.4, -0.2) is 28.2 Å². The second-order valence-corrected chi connectivity index (χ2v) is 4.99. The van der Waals surface area contributed by atoms with Gasteiger partial charge in [0.05, 0.1) is 6.10 Å². The van der Waals surface area contributed by atoms with E-state index < -0.39 is 12.7 Å². The summed E-state index contributed by atoms with van der Waals surface area (Å²) in [4.78, 5) is 8.54. The molecule has 0 aliphatic carbocycles. The van der Waals surface area contributed by atoms with Gasteiger partial charge in [0.1, 0.15) is 17.4 Å². The van der Waals surface area contributed by atoms with Crippen LogP contribution in [-0.2, 0) is 6.42 Å². The minimum atomic E-state index is -2.86. The number of hydrogen-bond donors (Lipinski definition) is 2. The molecule has 0 aliphatic heterocycles. The maximum absolute atomic E-state index is 12.1. The molecule has 7 heteroatoms. The molecule has 0 fully saturated rings. The van der Waals surface area contributed by atoms with Gasteiger partial charge >= 0.3 is 6.61 Å². The number of aromatic nitrogens is 2. The third kappa shape index (κ3) is 5.14. The molecule has 124 valence electrons. The van der Waals surface area contributed by atoms with Crippen molar-refractivity contribution in [1.29, 1.82) is 0 Å². The lowest BCUT2D eigenvalue weighted by Gasteiger charge is -2.14. The van der Waals surface area contributed by atoms with Crippen LogP contribution in [0.25, 0.3) is 0 Å². The van der Waals surface area contributed by atoms with Crippen LogP contribution in [0.3, 0.4) is 0 Å². The normalized spacial score (nSPS) is 12.3. The molecular formula is C16H19F2N3O2. The molecule has 0 amide bonds. The van der Waals surface area contributed by atoms with Gasteiger partial charge in [-0.3, -0.25) is 0 Å². The summed E-state index contributed by atoms with van der Waals surface area (Å²) in [5.74, 6) is 1.36. The Morgan fingerprint density at radius 2 is 1.91 bits per heavy atom. The fourth-order valence-corrected chi connectivity index (χ4v) is 2.09. The standard InChI is InChI=1S/C16H19F2N3O2/c1-3-12-8-15(21-10(2)20-12)19-9-14(22)11-4-6-13(7-5-11)23-16(17)18/h4-8,14,16,22H,3,9H2,1-2H3,(H,19,20,21). The Hall–Kier alpha value is -2.28. The number of halogens is 2. The number of nitrogens with one attached hydrogen (secondary N) is 1. The molecule has 1 atom stereocenters. The zero-order valence-electron chi connectivity index (χ0n) is 13.0. The highest BCUT2D eigenvalue weighted by Crippen LogP contribution is 2.20. The van der Waals surface area contributed by atoms with Gasteiger partial charge < -0.3 is 15.2 Å². The van der Waals surface area contributed by atoms with Crippen LogP contribution in [0.15, 0.2) is 30.3 Å². The van der Waals surface area contributed by atoms with Gasteiger partial charge in [-0.05, 0) is 31.0 Å². The predicted molar refractivity (Wildman–Crippen MR) is 82.7 cm³/mol. The highest BCUT2D eigenvalue weighted by molar-refractivity contribution is 5.37. The molecule has 2 aromatic rings. The molecule has 1 aromatic carbocycles. The first-order valence-electron chi connectivity index (χ1n) is 7.29. The van der Waals surface area contributed by atoms with Crippen LogP contribution in [0.1, 0.15) is 30.1 Å². The van der Waals surface area contributed by atoms with Crippen molar-refractivity contribution in [1.82, 2.24) is 9.97 Å². The molecule has 23 heavy (non-hydrogen) atoms. The quantitative estimate of drug-likeness (QED) is 0.819. The Morgan fingerprint density at radius 1 is 1.22 bits per heavy atom. The molecule has 0 spiro atoms. The summed E-state index contributed by atoms with van der Waals surface area (Å²) in [5.41, 5.74) is 1.52. The minimum Gasteiger partial charge on any atom is -0.435 e. The molecule has 0 radical (unpaired) electrons. The second-order valence-electron chi connectivity index (χ2n) is 4.99. The van der Waals surface area contributed by atoms with Crippen LogP contribution >= 0.6 is 0 Å². The lowest BCUT2D eigenvalue weighted by atomic mass is 10.1. The third-order valence-corrected chi connectivity index (χ3v) is 3.22. The summed E-state index contributed by atoms with van der Waals surface area (Å²) in [6.45, 7) is 1.20. The Morgan fingerprint density at radius 3 is 2.52 bits per heavy atom. The highest BCUT2D eigenvalue weighted by atomic mass is 19.3. The topological polar surface area (TPSA) is 67.3 Å². The van der Waals surface area contributed by atoms with Crippen molar-refractivity contribution in [3.8, 4) is 5.75 Å². The Kier molecular flexibility index (Phi) is 5.81. The van der Waals surface area contributed by atoms with Crippen LogP contribution in [0.4, 0.5) is 14.6 Å². The number of aliphatic hydroxyl groups excluding tert-OH is 1. The van der Waals surface area contributed by atoms with E-state index in [0.717, 1.165) is 12.1 Å². The van der Waals surface area contributed by atoms with E-state index in [9.17, 15) is 13.9 Å². The molecule has 0 saturated carbocycles. The fourth-order valence-electron chi connectivity index (χ4n) is 2.09. The van der Waals surface area contributed by atoms with Crippen LogP contribution < -0.4 is 10.1 Å². The SMILES string of the molecule is CCc1cc(NCC(O)c2ccc(OC(F)F)cc2)nc(C)n1. The van der Waals surface area contributed by atoms with Crippen molar-refractivity contribution >= 4 is 5.82 Å². The molecule has 5 nitrogen and oxygen atoms in total. The maximum Gasteiger partial charge on any atom is 0.387 e. The lowest BCUT2D eigenvalue weighted by Crippen LogP contribution is -2.14. The smallest absolute Gasteiger partial charge is 0.387 e.